The summed E-state index contributed by atoms with van der Waals surface area (Å²) >= 11 is 0. The zero-order valence-corrected chi connectivity index (χ0v) is 11.1. The van der Waals surface area contributed by atoms with Gasteiger partial charge in [0.2, 0.25) is 0 Å². The maximum absolute atomic E-state index is 12.3. The van der Waals surface area contributed by atoms with Crippen LogP contribution in [-0.4, -0.2) is 20.9 Å². The molecule has 0 aliphatic rings. The third kappa shape index (κ3) is 2.04. The van der Waals surface area contributed by atoms with Crippen LogP contribution in [0.15, 0.2) is 55.0 Å². The SMILES string of the molecule is O=C(Nc1ccc2cc[nH]c2c1)c1ccc2nc[nH]c2c1. The van der Waals surface area contributed by atoms with Crippen LogP contribution in [0.4, 0.5) is 5.69 Å². The number of hydrogen-bond donors (Lipinski definition) is 3. The molecule has 0 aliphatic carbocycles. The molecular formula is C16H12N4O. The first-order valence-electron chi connectivity index (χ1n) is 6.61. The van der Waals surface area contributed by atoms with Gasteiger partial charge in [-0.3, -0.25) is 4.79 Å². The van der Waals surface area contributed by atoms with Crippen LogP contribution in [-0.2, 0) is 0 Å². The Balaban J connectivity index is 1.64. The molecule has 0 unspecified atom stereocenters. The summed E-state index contributed by atoms with van der Waals surface area (Å²) in [7, 11) is 0. The van der Waals surface area contributed by atoms with E-state index in [1.54, 1.807) is 18.5 Å². The number of fused-ring (bicyclic) bond motifs is 2. The number of amides is 1. The fourth-order valence-electron chi connectivity index (χ4n) is 2.41. The van der Waals surface area contributed by atoms with Crippen LogP contribution < -0.4 is 5.32 Å². The first-order chi connectivity index (χ1) is 10.3. The van der Waals surface area contributed by atoms with E-state index in [1.807, 2.05) is 36.5 Å². The van der Waals surface area contributed by atoms with E-state index in [0.717, 1.165) is 27.6 Å². The molecule has 4 aromatic rings. The number of imidazole rings is 1. The molecule has 0 fully saturated rings. The highest BCUT2D eigenvalue weighted by molar-refractivity contribution is 6.06. The number of carbonyl (C=O) groups is 1. The molecule has 0 aliphatic heterocycles. The van der Waals surface area contributed by atoms with Gasteiger partial charge in [-0.05, 0) is 41.8 Å². The average Bonchev–Trinajstić information content (AvgIpc) is 3.14. The summed E-state index contributed by atoms with van der Waals surface area (Å²) in [4.78, 5) is 22.6. The molecule has 0 saturated carbocycles. The molecule has 1 amide bonds. The number of anilines is 1. The van der Waals surface area contributed by atoms with Gasteiger partial charge in [-0.25, -0.2) is 4.98 Å². The molecule has 0 saturated heterocycles. The van der Waals surface area contributed by atoms with Gasteiger partial charge in [0.1, 0.15) is 0 Å². The predicted molar refractivity (Wildman–Crippen MR) is 82.3 cm³/mol. The van der Waals surface area contributed by atoms with Crippen LogP contribution in [0.3, 0.4) is 0 Å². The highest BCUT2D eigenvalue weighted by atomic mass is 16.1. The molecule has 0 atom stereocenters. The zero-order chi connectivity index (χ0) is 14.2. The molecule has 3 N–H and O–H groups in total. The molecular weight excluding hydrogens is 264 g/mol. The zero-order valence-electron chi connectivity index (χ0n) is 11.1. The van der Waals surface area contributed by atoms with Crippen LogP contribution in [0.25, 0.3) is 21.9 Å². The van der Waals surface area contributed by atoms with E-state index in [4.69, 9.17) is 0 Å². The molecule has 21 heavy (non-hydrogen) atoms. The van der Waals surface area contributed by atoms with Crippen molar-refractivity contribution < 1.29 is 4.79 Å². The van der Waals surface area contributed by atoms with Crippen molar-refractivity contribution >= 4 is 33.5 Å². The minimum Gasteiger partial charge on any atom is -0.361 e. The van der Waals surface area contributed by atoms with Gasteiger partial charge in [-0.1, -0.05) is 6.07 Å². The number of rotatable bonds is 2. The van der Waals surface area contributed by atoms with Gasteiger partial charge in [0.25, 0.3) is 5.91 Å². The molecule has 4 rings (SSSR count). The van der Waals surface area contributed by atoms with Crippen molar-refractivity contribution in [1.82, 2.24) is 15.0 Å². The lowest BCUT2D eigenvalue weighted by Crippen LogP contribution is -2.11. The van der Waals surface area contributed by atoms with E-state index >= 15 is 0 Å². The highest BCUT2D eigenvalue weighted by Crippen LogP contribution is 2.19. The Hall–Kier alpha value is -3.08. The minimum atomic E-state index is -0.141. The summed E-state index contributed by atoms with van der Waals surface area (Å²) in [5.41, 5.74) is 4.05. The van der Waals surface area contributed by atoms with E-state index in [9.17, 15) is 4.79 Å². The molecule has 5 heteroatoms. The number of hydrogen-bond acceptors (Lipinski definition) is 2. The van der Waals surface area contributed by atoms with E-state index < -0.39 is 0 Å². The van der Waals surface area contributed by atoms with Crippen molar-refractivity contribution in [3.8, 4) is 0 Å². The Labute approximate surface area is 120 Å². The molecule has 102 valence electrons. The molecule has 2 aromatic heterocycles. The van der Waals surface area contributed by atoms with Crippen LogP contribution >= 0.6 is 0 Å². The highest BCUT2D eigenvalue weighted by Gasteiger charge is 2.08. The lowest BCUT2D eigenvalue weighted by atomic mass is 10.1. The van der Waals surface area contributed by atoms with Gasteiger partial charge in [0.05, 0.1) is 17.4 Å². The molecule has 0 radical (unpaired) electrons. The van der Waals surface area contributed by atoms with Crippen molar-refractivity contribution in [2.24, 2.45) is 0 Å². The number of nitrogens with one attached hydrogen (secondary N) is 3. The van der Waals surface area contributed by atoms with Crippen molar-refractivity contribution in [2.45, 2.75) is 0 Å². The maximum Gasteiger partial charge on any atom is 0.255 e. The number of nitrogens with zero attached hydrogens (tertiary/aromatic N) is 1. The fraction of sp³-hybridized carbons (Fsp3) is 0. The second-order valence-corrected chi connectivity index (χ2v) is 4.87. The van der Waals surface area contributed by atoms with Gasteiger partial charge in [0.15, 0.2) is 0 Å². The number of aromatic nitrogens is 3. The van der Waals surface area contributed by atoms with E-state index in [1.165, 1.54) is 0 Å². The second kappa shape index (κ2) is 4.49. The normalized spacial score (nSPS) is 11.0. The topological polar surface area (TPSA) is 73.6 Å². The van der Waals surface area contributed by atoms with E-state index in [-0.39, 0.29) is 5.91 Å². The minimum absolute atomic E-state index is 0.141. The quantitative estimate of drug-likeness (QED) is 0.525. The first-order valence-corrected chi connectivity index (χ1v) is 6.61. The first kappa shape index (κ1) is 11.7. The Morgan fingerprint density at radius 2 is 1.95 bits per heavy atom. The van der Waals surface area contributed by atoms with E-state index in [2.05, 4.69) is 20.3 Å². The van der Waals surface area contributed by atoms with Crippen molar-refractivity contribution in [2.75, 3.05) is 5.32 Å². The maximum atomic E-state index is 12.3. The number of aromatic amines is 2. The van der Waals surface area contributed by atoms with Gasteiger partial charge in [0, 0.05) is 23.0 Å². The molecule has 2 aromatic carbocycles. The summed E-state index contributed by atoms with van der Waals surface area (Å²) in [6.45, 7) is 0. The smallest absolute Gasteiger partial charge is 0.255 e. The Morgan fingerprint density at radius 1 is 1.00 bits per heavy atom. The monoisotopic (exact) mass is 276 g/mol. The fourth-order valence-corrected chi connectivity index (χ4v) is 2.41. The summed E-state index contributed by atoms with van der Waals surface area (Å²) in [5, 5.41) is 4.02. The lowest BCUT2D eigenvalue weighted by molar-refractivity contribution is 0.102. The molecule has 2 heterocycles. The van der Waals surface area contributed by atoms with Crippen molar-refractivity contribution in [3.05, 3.63) is 60.6 Å². The largest absolute Gasteiger partial charge is 0.361 e. The third-order valence-corrected chi connectivity index (χ3v) is 3.50. The Bertz CT molecular complexity index is 951. The van der Waals surface area contributed by atoms with Crippen LogP contribution in [0.5, 0.6) is 0 Å². The van der Waals surface area contributed by atoms with E-state index in [0.29, 0.717) is 5.56 Å². The summed E-state index contributed by atoms with van der Waals surface area (Å²) in [6, 6.07) is 13.2. The lowest BCUT2D eigenvalue weighted by Gasteiger charge is -2.05. The van der Waals surface area contributed by atoms with Gasteiger partial charge in [-0.15, -0.1) is 0 Å². The average molecular weight is 276 g/mol. The van der Waals surface area contributed by atoms with Crippen LogP contribution in [0, 0.1) is 0 Å². The van der Waals surface area contributed by atoms with Gasteiger partial charge >= 0.3 is 0 Å². The standard InChI is InChI=1S/C16H12N4O/c21-16(11-2-4-13-15(7-11)19-9-18-13)20-12-3-1-10-5-6-17-14(10)8-12/h1-9,17H,(H,18,19)(H,20,21). The molecule has 0 spiro atoms. The predicted octanol–water partition coefficient (Wildman–Crippen LogP) is 3.30. The van der Waals surface area contributed by atoms with Gasteiger partial charge < -0.3 is 15.3 Å². The summed E-state index contributed by atoms with van der Waals surface area (Å²) in [6.07, 6.45) is 3.49. The number of benzene rings is 2. The van der Waals surface area contributed by atoms with Crippen LogP contribution in [0.2, 0.25) is 0 Å². The summed E-state index contributed by atoms with van der Waals surface area (Å²) < 4.78 is 0. The molecule has 5 nitrogen and oxygen atoms in total. The third-order valence-electron chi connectivity index (χ3n) is 3.50. The van der Waals surface area contributed by atoms with Crippen molar-refractivity contribution in [1.29, 1.82) is 0 Å². The number of H-pyrrole nitrogens is 2. The summed E-state index contributed by atoms with van der Waals surface area (Å²) in [5.74, 6) is -0.141. The Morgan fingerprint density at radius 3 is 2.90 bits per heavy atom. The van der Waals surface area contributed by atoms with Crippen molar-refractivity contribution in [3.63, 3.8) is 0 Å². The molecule has 0 bridgehead atoms. The van der Waals surface area contributed by atoms with Crippen LogP contribution in [0.1, 0.15) is 10.4 Å². The van der Waals surface area contributed by atoms with Gasteiger partial charge in [-0.2, -0.15) is 0 Å². The number of carbonyl (C=O) groups excluding carboxylic acids is 1. The Kier molecular flexibility index (Phi) is 2.50. The second-order valence-electron chi connectivity index (χ2n) is 4.87.